The SMILES string of the molecule is Cl.Fc1cccc([C@@H](c2cccs2)N2CCNCC2)c1Cl. The van der Waals surface area contributed by atoms with E-state index >= 15 is 0 Å². The third-order valence-corrected chi connectivity index (χ3v) is 4.93. The summed E-state index contributed by atoms with van der Waals surface area (Å²) in [6.45, 7) is 3.79. The Morgan fingerprint density at radius 3 is 2.62 bits per heavy atom. The molecule has 0 saturated carbocycles. The maximum atomic E-state index is 13.8. The van der Waals surface area contributed by atoms with E-state index < -0.39 is 0 Å². The molecule has 2 nitrogen and oxygen atoms in total. The summed E-state index contributed by atoms with van der Waals surface area (Å²) in [6, 6.07) is 9.24. The molecule has 1 fully saturated rings. The standard InChI is InChI=1S/C15H16ClFN2S.ClH/c16-14-11(3-1-4-12(14)17)15(13-5-2-10-20-13)19-8-6-18-7-9-19;/h1-5,10,15,18H,6-9H2;1H/t15-;/m0./s1. The number of hydrogen-bond acceptors (Lipinski definition) is 3. The first-order chi connectivity index (χ1) is 9.77. The van der Waals surface area contributed by atoms with Gasteiger partial charge in [-0.15, -0.1) is 23.7 Å². The number of piperazine rings is 1. The predicted molar refractivity (Wildman–Crippen MR) is 89.3 cm³/mol. The molecule has 0 unspecified atom stereocenters. The van der Waals surface area contributed by atoms with Crippen LogP contribution in [0.5, 0.6) is 0 Å². The predicted octanol–water partition coefficient (Wildman–Crippen LogP) is 3.96. The van der Waals surface area contributed by atoms with Crippen LogP contribution in [0.3, 0.4) is 0 Å². The molecule has 1 aliphatic heterocycles. The van der Waals surface area contributed by atoms with Crippen molar-refractivity contribution in [3.8, 4) is 0 Å². The topological polar surface area (TPSA) is 15.3 Å². The zero-order chi connectivity index (χ0) is 13.9. The second kappa shape index (κ2) is 7.56. The van der Waals surface area contributed by atoms with Gasteiger partial charge in [0.05, 0.1) is 11.1 Å². The van der Waals surface area contributed by atoms with E-state index in [1.165, 1.54) is 10.9 Å². The molecule has 0 amide bonds. The minimum atomic E-state index is -0.346. The van der Waals surface area contributed by atoms with Crippen molar-refractivity contribution in [3.63, 3.8) is 0 Å². The van der Waals surface area contributed by atoms with Crippen LogP contribution >= 0.6 is 35.3 Å². The molecule has 2 aromatic rings. The number of hydrogen-bond donors (Lipinski definition) is 1. The monoisotopic (exact) mass is 346 g/mol. The summed E-state index contributed by atoms with van der Waals surface area (Å²) >= 11 is 7.90. The molecule has 0 aliphatic carbocycles. The molecule has 1 aliphatic rings. The third-order valence-electron chi connectivity index (χ3n) is 3.61. The van der Waals surface area contributed by atoms with Crippen molar-refractivity contribution in [1.82, 2.24) is 10.2 Å². The number of rotatable bonds is 3. The van der Waals surface area contributed by atoms with Gasteiger partial charge in [-0.1, -0.05) is 29.8 Å². The Labute approximate surface area is 139 Å². The highest BCUT2D eigenvalue weighted by atomic mass is 35.5. The van der Waals surface area contributed by atoms with E-state index in [-0.39, 0.29) is 29.3 Å². The van der Waals surface area contributed by atoms with Crippen LogP contribution in [0, 0.1) is 5.82 Å². The molecule has 1 aromatic heterocycles. The molecule has 2 heterocycles. The molecule has 0 radical (unpaired) electrons. The zero-order valence-electron chi connectivity index (χ0n) is 11.4. The van der Waals surface area contributed by atoms with Crippen molar-refractivity contribution in [2.24, 2.45) is 0 Å². The summed E-state index contributed by atoms with van der Waals surface area (Å²) in [5.74, 6) is -0.346. The maximum Gasteiger partial charge on any atom is 0.142 e. The van der Waals surface area contributed by atoms with Gasteiger partial charge in [-0.3, -0.25) is 4.90 Å². The highest BCUT2D eigenvalue weighted by molar-refractivity contribution is 7.10. The van der Waals surface area contributed by atoms with Crippen LogP contribution in [0.4, 0.5) is 4.39 Å². The van der Waals surface area contributed by atoms with Crippen molar-refractivity contribution in [2.45, 2.75) is 6.04 Å². The summed E-state index contributed by atoms with van der Waals surface area (Å²) in [5.41, 5.74) is 0.857. The van der Waals surface area contributed by atoms with Gasteiger partial charge >= 0.3 is 0 Å². The summed E-state index contributed by atoms with van der Waals surface area (Å²) in [4.78, 5) is 3.57. The molecule has 1 atom stereocenters. The van der Waals surface area contributed by atoms with E-state index in [9.17, 15) is 4.39 Å². The van der Waals surface area contributed by atoms with Gasteiger partial charge in [0.15, 0.2) is 0 Å². The Hall–Kier alpha value is -0.650. The number of benzene rings is 1. The van der Waals surface area contributed by atoms with E-state index in [4.69, 9.17) is 11.6 Å². The largest absolute Gasteiger partial charge is 0.314 e. The third kappa shape index (κ3) is 3.58. The lowest BCUT2D eigenvalue weighted by Gasteiger charge is -2.35. The number of thiophene rings is 1. The fourth-order valence-electron chi connectivity index (χ4n) is 2.65. The Kier molecular flexibility index (Phi) is 6.02. The lowest BCUT2D eigenvalue weighted by molar-refractivity contribution is 0.200. The van der Waals surface area contributed by atoms with Crippen LogP contribution in [-0.2, 0) is 0 Å². The molecule has 3 rings (SSSR count). The second-order valence-corrected chi connectivity index (χ2v) is 6.20. The van der Waals surface area contributed by atoms with E-state index in [0.717, 1.165) is 31.7 Å². The van der Waals surface area contributed by atoms with Crippen molar-refractivity contribution in [2.75, 3.05) is 26.2 Å². The Balaban J connectivity index is 0.00000161. The molecule has 1 aromatic carbocycles. The van der Waals surface area contributed by atoms with Crippen LogP contribution < -0.4 is 5.32 Å². The molecular weight excluding hydrogens is 330 g/mol. The van der Waals surface area contributed by atoms with Gasteiger partial charge in [-0.25, -0.2) is 4.39 Å². The van der Waals surface area contributed by atoms with Gasteiger partial charge in [0.1, 0.15) is 5.82 Å². The Morgan fingerprint density at radius 2 is 1.95 bits per heavy atom. The quantitative estimate of drug-likeness (QED) is 0.904. The highest BCUT2D eigenvalue weighted by Gasteiger charge is 2.27. The number of nitrogens with zero attached hydrogens (tertiary/aromatic N) is 1. The van der Waals surface area contributed by atoms with Crippen LogP contribution in [0.2, 0.25) is 5.02 Å². The normalized spacial score (nSPS) is 17.2. The second-order valence-electron chi connectivity index (χ2n) is 4.85. The highest BCUT2D eigenvalue weighted by Crippen LogP contribution is 2.36. The van der Waals surface area contributed by atoms with E-state index in [1.807, 2.05) is 12.1 Å². The minimum Gasteiger partial charge on any atom is -0.314 e. The fraction of sp³-hybridized carbons (Fsp3) is 0.333. The molecule has 0 spiro atoms. The molecular formula is C15H17Cl2FN2S. The first-order valence-electron chi connectivity index (χ1n) is 6.69. The van der Waals surface area contributed by atoms with E-state index in [1.54, 1.807) is 17.4 Å². The summed E-state index contributed by atoms with van der Waals surface area (Å²) in [6.07, 6.45) is 0. The van der Waals surface area contributed by atoms with Gasteiger partial charge in [-0.2, -0.15) is 0 Å². The van der Waals surface area contributed by atoms with Crippen molar-refractivity contribution >= 4 is 35.3 Å². The van der Waals surface area contributed by atoms with Crippen LogP contribution in [-0.4, -0.2) is 31.1 Å². The summed E-state index contributed by atoms with van der Waals surface area (Å²) in [7, 11) is 0. The van der Waals surface area contributed by atoms with Crippen molar-refractivity contribution in [1.29, 1.82) is 0 Å². The van der Waals surface area contributed by atoms with Gasteiger partial charge in [0.25, 0.3) is 0 Å². The summed E-state index contributed by atoms with van der Waals surface area (Å²) < 4.78 is 13.8. The minimum absolute atomic E-state index is 0. The van der Waals surface area contributed by atoms with Crippen LogP contribution in [0.25, 0.3) is 0 Å². The smallest absolute Gasteiger partial charge is 0.142 e. The Morgan fingerprint density at radius 1 is 1.19 bits per heavy atom. The van der Waals surface area contributed by atoms with Crippen molar-refractivity contribution < 1.29 is 4.39 Å². The zero-order valence-corrected chi connectivity index (χ0v) is 13.8. The van der Waals surface area contributed by atoms with Gasteiger partial charge in [0.2, 0.25) is 0 Å². The molecule has 114 valence electrons. The molecule has 21 heavy (non-hydrogen) atoms. The average molecular weight is 347 g/mol. The molecule has 1 N–H and O–H groups in total. The molecule has 0 bridgehead atoms. The van der Waals surface area contributed by atoms with Gasteiger partial charge in [-0.05, 0) is 23.1 Å². The maximum absolute atomic E-state index is 13.8. The molecule has 6 heteroatoms. The summed E-state index contributed by atoms with van der Waals surface area (Å²) in [5, 5.41) is 5.64. The van der Waals surface area contributed by atoms with Crippen LogP contribution in [0.1, 0.15) is 16.5 Å². The molecule has 1 saturated heterocycles. The lowest BCUT2D eigenvalue weighted by atomic mass is 10.0. The number of nitrogens with one attached hydrogen (secondary N) is 1. The van der Waals surface area contributed by atoms with E-state index in [2.05, 4.69) is 21.7 Å². The Bertz CT molecular complexity index is 571. The number of halogens is 3. The van der Waals surface area contributed by atoms with Gasteiger partial charge in [0, 0.05) is 31.1 Å². The van der Waals surface area contributed by atoms with E-state index in [0.29, 0.717) is 0 Å². The van der Waals surface area contributed by atoms with Crippen molar-refractivity contribution in [3.05, 3.63) is 57.0 Å². The first-order valence-corrected chi connectivity index (χ1v) is 7.95. The van der Waals surface area contributed by atoms with Crippen LogP contribution in [0.15, 0.2) is 35.7 Å². The average Bonchev–Trinajstić information content (AvgIpc) is 2.99. The lowest BCUT2D eigenvalue weighted by Crippen LogP contribution is -2.45. The first kappa shape index (κ1) is 16.7. The van der Waals surface area contributed by atoms with Gasteiger partial charge < -0.3 is 5.32 Å². The fourth-order valence-corrected chi connectivity index (χ4v) is 3.75.